The van der Waals surface area contributed by atoms with Crippen LogP contribution in [0.1, 0.15) is 15.2 Å². The van der Waals surface area contributed by atoms with Gasteiger partial charge in [-0.05, 0) is 24.3 Å². The number of thiazole rings is 1. The van der Waals surface area contributed by atoms with Crippen LogP contribution in [-0.4, -0.2) is 20.8 Å². The molecule has 1 aromatic heterocycles. The highest BCUT2D eigenvalue weighted by atomic mass is 32.1. The topological polar surface area (TPSA) is 93.3 Å². The van der Waals surface area contributed by atoms with Gasteiger partial charge in [-0.3, -0.25) is 19.9 Å². The van der Waals surface area contributed by atoms with E-state index in [0.29, 0.717) is 0 Å². The lowest BCUT2D eigenvalue weighted by atomic mass is 10.1. The number of nitrogens with zero attached hydrogens (tertiary/aromatic N) is 2. The second kappa shape index (κ2) is 5.40. The average molecular weight is 276 g/mol. The predicted molar refractivity (Wildman–Crippen MR) is 70.2 cm³/mol. The van der Waals surface area contributed by atoms with Gasteiger partial charge in [-0.2, -0.15) is 0 Å². The number of allylic oxidation sites excluding steroid dienone is 1. The number of nitro benzene ring substituents is 1. The van der Waals surface area contributed by atoms with Crippen LogP contribution >= 0.6 is 11.3 Å². The Kier molecular flexibility index (Phi) is 3.67. The summed E-state index contributed by atoms with van der Waals surface area (Å²) in [5.74, 6) is -0.843. The van der Waals surface area contributed by atoms with Gasteiger partial charge in [0.25, 0.3) is 0 Å². The number of hydrogen-bond donors (Lipinski definition) is 1. The molecule has 0 bridgehead atoms. The molecule has 1 aromatic carbocycles. The largest absolute Gasteiger partial charge is 0.502 e. The molecule has 0 spiro atoms. The Bertz CT molecular complexity index is 650. The Morgan fingerprint density at radius 1 is 1.47 bits per heavy atom. The molecule has 0 aliphatic rings. The van der Waals surface area contributed by atoms with Crippen molar-refractivity contribution in [2.24, 2.45) is 0 Å². The summed E-state index contributed by atoms with van der Waals surface area (Å²) >= 11 is 1.37. The van der Waals surface area contributed by atoms with E-state index in [1.807, 2.05) is 0 Å². The van der Waals surface area contributed by atoms with Gasteiger partial charge in [0.2, 0.25) is 0 Å². The number of hydrogen-bond acceptors (Lipinski definition) is 6. The van der Waals surface area contributed by atoms with Crippen molar-refractivity contribution in [3.63, 3.8) is 0 Å². The van der Waals surface area contributed by atoms with Crippen molar-refractivity contribution < 1.29 is 14.8 Å². The number of aromatic nitrogens is 1. The van der Waals surface area contributed by atoms with Crippen molar-refractivity contribution in [1.29, 1.82) is 0 Å². The van der Waals surface area contributed by atoms with Crippen molar-refractivity contribution in [3.05, 3.63) is 56.5 Å². The molecule has 7 heteroatoms. The number of phenolic OH excluding ortho intramolecular Hbond substituents is 1. The lowest BCUT2D eigenvalue weighted by Gasteiger charge is -1.98. The molecule has 96 valence electrons. The molecule has 0 atom stereocenters. The van der Waals surface area contributed by atoms with Crippen LogP contribution in [0.5, 0.6) is 5.75 Å². The molecule has 0 radical (unpaired) electrons. The fourth-order valence-corrected chi connectivity index (χ4v) is 1.90. The number of carbonyl (C=O) groups excluding carboxylic acids is 1. The minimum atomic E-state index is -0.737. The summed E-state index contributed by atoms with van der Waals surface area (Å²) < 4.78 is 0. The Hall–Kier alpha value is -2.54. The summed E-state index contributed by atoms with van der Waals surface area (Å²) in [5.41, 5.74) is 1.29. The zero-order valence-corrected chi connectivity index (χ0v) is 10.3. The smallest absolute Gasteiger partial charge is 0.311 e. The van der Waals surface area contributed by atoms with Crippen molar-refractivity contribution in [2.45, 2.75) is 0 Å². The Balaban J connectivity index is 2.24. The normalized spacial score (nSPS) is 10.7. The van der Waals surface area contributed by atoms with Crippen LogP contribution in [0.2, 0.25) is 0 Å². The summed E-state index contributed by atoms with van der Waals surface area (Å²) in [5, 5.41) is 19.9. The Labute approximate surface area is 111 Å². The lowest BCUT2D eigenvalue weighted by molar-refractivity contribution is -0.385. The molecule has 6 nitrogen and oxygen atoms in total. The first-order chi connectivity index (χ1) is 9.08. The second-order valence-electron chi connectivity index (χ2n) is 3.56. The molecule has 0 saturated carbocycles. The van der Waals surface area contributed by atoms with Gasteiger partial charge in [0.05, 0.1) is 10.4 Å². The molecule has 0 unspecified atom stereocenters. The van der Waals surface area contributed by atoms with E-state index in [4.69, 9.17) is 0 Å². The molecule has 0 fully saturated rings. The third-order valence-corrected chi connectivity index (χ3v) is 3.05. The van der Waals surface area contributed by atoms with Crippen molar-refractivity contribution in [2.75, 3.05) is 0 Å². The van der Waals surface area contributed by atoms with E-state index in [1.165, 1.54) is 23.5 Å². The van der Waals surface area contributed by atoms with E-state index in [2.05, 4.69) is 4.98 Å². The Morgan fingerprint density at radius 3 is 2.89 bits per heavy atom. The van der Waals surface area contributed by atoms with Crippen molar-refractivity contribution in [3.8, 4) is 5.75 Å². The van der Waals surface area contributed by atoms with Gasteiger partial charge >= 0.3 is 5.69 Å². The first-order valence-electron chi connectivity index (χ1n) is 5.16. The summed E-state index contributed by atoms with van der Waals surface area (Å²) in [4.78, 5) is 26.4. The van der Waals surface area contributed by atoms with Gasteiger partial charge < -0.3 is 5.11 Å². The number of carbonyl (C=O) groups is 1. The minimum absolute atomic E-state index is 0.144. The highest BCUT2D eigenvalue weighted by molar-refractivity contribution is 7.10. The fraction of sp³-hybridized carbons (Fsp3) is 0. The fourth-order valence-electron chi connectivity index (χ4n) is 1.38. The lowest BCUT2D eigenvalue weighted by Crippen LogP contribution is -1.96. The third kappa shape index (κ3) is 3.02. The summed E-state index contributed by atoms with van der Waals surface area (Å²) in [6.07, 6.45) is 4.50. The van der Waals surface area contributed by atoms with Gasteiger partial charge in [0, 0.05) is 22.7 Å². The van der Waals surface area contributed by atoms with E-state index in [0.717, 1.165) is 17.0 Å². The first kappa shape index (κ1) is 12.9. The monoisotopic (exact) mass is 276 g/mol. The second-order valence-corrected chi connectivity index (χ2v) is 4.48. The quantitative estimate of drug-likeness (QED) is 0.401. The number of aromatic hydroxyl groups is 1. The standard InChI is InChI=1S/C12H8N2O4S/c15-11(4-2-9-6-13-7-19-9)8-1-3-12(16)10(5-8)14(17)18/h1-7,16H. The molecule has 1 heterocycles. The average Bonchev–Trinajstić information content (AvgIpc) is 2.89. The molecule has 2 aromatic rings. The molecule has 0 amide bonds. The van der Waals surface area contributed by atoms with Crippen LogP contribution in [0, 0.1) is 10.1 Å². The van der Waals surface area contributed by atoms with E-state index < -0.39 is 16.4 Å². The van der Waals surface area contributed by atoms with E-state index >= 15 is 0 Å². The van der Waals surface area contributed by atoms with Gasteiger partial charge in [0.15, 0.2) is 11.5 Å². The number of nitro groups is 1. The molecular formula is C12H8N2O4S. The number of rotatable bonds is 4. The first-order valence-corrected chi connectivity index (χ1v) is 6.04. The van der Waals surface area contributed by atoms with Gasteiger partial charge in [-0.1, -0.05) is 0 Å². The summed E-state index contributed by atoms with van der Waals surface area (Å²) in [6, 6.07) is 3.52. The van der Waals surface area contributed by atoms with Crippen LogP contribution in [0.3, 0.4) is 0 Å². The van der Waals surface area contributed by atoms with Crippen LogP contribution in [-0.2, 0) is 0 Å². The molecule has 2 rings (SSSR count). The Morgan fingerprint density at radius 2 is 2.26 bits per heavy atom. The van der Waals surface area contributed by atoms with E-state index in [1.54, 1.807) is 17.8 Å². The predicted octanol–water partition coefficient (Wildman–Crippen LogP) is 2.65. The summed E-state index contributed by atoms with van der Waals surface area (Å²) in [7, 11) is 0. The minimum Gasteiger partial charge on any atom is -0.502 e. The molecule has 0 aliphatic carbocycles. The molecular weight excluding hydrogens is 268 g/mol. The number of phenols is 1. The molecule has 0 aliphatic heterocycles. The van der Waals surface area contributed by atoms with Crippen LogP contribution < -0.4 is 0 Å². The van der Waals surface area contributed by atoms with Gasteiger partial charge in [0.1, 0.15) is 0 Å². The maximum Gasteiger partial charge on any atom is 0.311 e. The number of benzene rings is 1. The zero-order valence-electron chi connectivity index (χ0n) is 9.52. The van der Waals surface area contributed by atoms with E-state index in [9.17, 15) is 20.0 Å². The van der Waals surface area contributed by atoms with Crippen molar-refractivity contribution in [1.82, 2.24) is 4.98 Å². The van der Waals surface area contributed by atoms with Crippen LogP contribution in [0.15, 0.2) is 36.0 Å². The highest BCUT2D eigenvalue weighted by Gasteiger charge is 2.15. The maximum absolute atomic E-state index is 11.8. The number of ketones is 1. The zero-order chi connectivity index (χ0) is 13.8. The van der Waals surface area contributed by atoms with Gasteiger partial charge in [-0.25, -0.2) is 0 Å². The van der Waals surface area contributed by atoms with Crippen LogP contribution in [0.25, 0.3) is 6.08 Å². The van der Waals surface area contributed by atoms with E-state index in [-0.39, 0.29) is 11.3 Å². The van der Waals surface area contributed by atoms with Gasteiger partial charge in [-0.15, -0.1) is 11.3 Å². The molecule has 0 saturated heterocycles. The summed E-state index contributed by atoms with van der Waals surface area (Å²) in [6.45, 7) is 0. The SMILES string of the molecule is O=C(C=Cc1cncs1)c1ccc(O)c([N+](=O)[O-])c1. The third-order valence-electron chi connectivity index (χ3n) is 2.31. The highest BCUT2D eigenvalue weighted by Crippen LogP contribution is 2.26. The van der Waals surface area contributed by atoms with Crippen molar-refractivity contribution >= 4 is 28.9 Å². The molecule has 1 N–H and O–H groups in total. The maximum atomic E-state index is 11.8. The van der Waals surface area contributed by atoms with Crippen LogP contribution in [0.4, 0.5) is 5.69 Å². The molecule has 19 heavy (non-hydrogen) atoms.